The van der Waals surface area contributed by atoms with E-state index in [4.69, 9.17) is 0 Å². The van der Waals surface area contributed by atoms with Crippen LogP contribution in [0.1, 0.15) is 0 Å². The van der Waals surface area contributed by atoms with Gasteiger partial charge in [0.05, 0.1) is 5.57 Å². The molecule has 2 aliphatic heterocycles. The molecule has 0 atom stereocenters. The number of urea groups is 1. The number of ether oxygens (including phenoxy) is 1. The lowest BCUT2D eigenvalue weighted by Crippen LogP contribution is -2.49. The second-order valence-electron chi connectivity index (χ2n) is 7.62. The Labute approximate surface area is 198 Å². The molecule has 12 heteroatoms. The molecule has 3 heterocycles. The zero-order valence-electron chi connectivity index (χ0n) is 18.4. The number of nitrogens with one attached hydrogen (secondary N) is 2. The number of aliphatic imine (C=N–C) groups is 1. The van der Waals surface area contributed by atoms with Gasteiger partial charge in [-0.25, -0.2) is 14.8 Å². The zero-order valence-corrected chi connectivity index (χ0v) is 18.4. The minimum absolute atomic E-state index is 0.106. The first-order valence-corrected chi connectivity index (χ1v) is 10.6. The van der Waals surface area contributed by atoms with Crippen molar-refractivity contribution in [3.63, 3.8) is 0 Å². The number of carbonyl (C=O) groups is 2. The number of amides is 3. The van der Waals surface area contributed by atoms with Crippen molar-refractivity contribution in [2.45, 2.75) is 6.36 Å². The molecule has 0 saturated carbocycles. The van der Waals surface area contributed by atoms with E-state index in [1.807, 2.05) is 18.2 Å². The Morgan fingerprint density at radius 3 is 2.34 bits per heavy atom. The molecule has 4 rings (SSSR count). The van der Waals surface area contributed by atoms with E-state index in [0.717, 1.165) is 18.0 Å². The molecule has 0 bridgehead atoms. The highest BCUT2D eigenvalue weighted by atomic mass is 19.4. The maximum Gasteiger partial charge on any atom is 0.573 e. The third-order valence-electron chi connectivity index (χ3n) is 5.28. The predicted octanol–water partition coefficient (Wildman–Crippen LogP) is 3.30. The summed E-state index contributed by atoms with van der Waals surface area (Å²) in [4.78, 5) is 37.5. The number of alkyl halides is 3. The number of benzene rings is 1. The molecule has 3 amide bonds. The second-order valence-corrected chi connectivity index (χ2v) is 7.62. The normalized spacial score (nSPS) is 15.9. The van der Waals surface area contributed by atoms with Gasteiger partial charge in [0.1, 0.15) is 17.4 Å². The Morgan fingerprint density at radius 1 is 1.00 bits per heavy atom. The summed E-state index contributed by atoms with van der Waals surface area (Å²) < 4.78 is 40.5. The molecule has 2 aromatic rings. The number of amidine groups is 1. The lowest BCUT2D eigenvalue weighted by Gasteiger charge is -2.35. The summed E-state index contributed by atoms with van der Waals surface area (Å²) in [5.74, 6) is 0.310. The van der Waals surface area contributed by atoms with Crippen LogP contribution in [-0.4, -0.2) is 60.2 Å². The molecule has 1 saturated heterocycles. The smallest absolute Gasteiger partial charge is 0.406 e. The van der Waals surface area contributed by atoms with Crippen LogP contribution in [0.3, 0.4) is 0 Å². The van der Waals surface area contributed by atoms with Crippen LogP contribution >= 0.6 is 0 Å². The van der Waals surface area contributed by atoms with Crippen molar-refractivity contribution in [3.05, 3.63) is 72.6 Å². The SMILES string of the molecule is C=C1C(C(=O)N2CCN(c3ccccn3)CC2)=CN=C1NC(=O)Nc1ccc(OC(F)(F)F)cc1. The van der Waals surface area contributed by atoms with Crippen LogP contribution in [0.5, 0.6) is 5.75 Å². The number of hydrogen-bond acceptors (Lipinski definition) is 6. The van der Waals surface area contributed by atoms with Crippen LogP contribution < -0.4 is 20.3 Å². The van der Waals surface area contributed by atoms with E-state index in [9.17, 15) is 22.8 Å². The average molecular weight is 486 g/mol. The summed E-state index contributed by atoms with van der Waals surface area (Å²) in [6.45, 7) is 6.12. The summed E-state index contributed by atoms with van der Waals surface area (Å²) in [5, 5.41) is 4.96. The number of nitrogens with zero attached hydrogens (tertiary/aromatic N) is 4. The summed E-state index contributed by atoms with van der Waals surface area (Å²) in [6.07, 6.45) is -1.73. The molecule has 0 radical (unpaired) electrons. The van der Waals surface area contributed by atoms with Gasteiger partial charge >= 0.3 is 12.4 Å². The molecule has 2 aliphatic rings. The van der Waals surface area contributed by atoms with Gasteiger partial charge in [-0.2, -0.15) is 0 Å². The van der Waals surface area contributed by atoms with Crippen LogP contribution in [0, 0.1) is 0 Å². The summed E-state index contributed by atoms with van der Waals surface area (Å²) in [6, 6.07) is 9.62. The fourth-order valence-corrected chi connectivity index (χ4v) is 3.56. The number of pyridine rings is 1. The molecule has 1 aromatic heterocycles. The third-order valence-corrected chi connectivity index (χ3v) is 5.28. The lowest BCUT2D eigenvalue weighted by molar-refractivity contribution is -0.274. The average Bonchev–Trinajstić information content (AvgIpc) is 3.19. The van der Waals surface area contributed by atoms with E-state index in [0.29, 0.717) is 26.2 Å². The maximum absolute atomic E-state index is 13.0. The van der Waals surface area contributed by atoms with Crippen molar-refractivity contribution in [2.24, 2.45) is 4.99 Å². The topological polar surface area (TPSA) is 99.2 Å². The highest BCUT2D eigenvalue weighted by Crippen LogP contribution is 2.24. The van der Waals surface area contributed by atoms with Gasteiger partial charge in [0.2, 0.25) is 0 Å². The summed E-state index contributed by atoms with van der Waals surface area (Å²) in [5.41, 5.74) is 0.780. The van der Waals surface area contributed by atoms with E-state index in [1.165, 1.54) is 18.3 Å². The molecule has 0 aliphatic carbocycles. The predicted molar refractivity (Wildman–Crippen MR) is 123 cm³/mol. The molecule has 182 valence electrons. The number of aromatic nitrogens is 1. The van der Waals surface area contributed by atoms with Gasteiger partial charge < -0.3 is 19.9 Å². The van der Waals surface area contributed by atoms with Gasteiger partial charge in [0, 0.05) is 49.8 Å². The standard InChI is InChI=1S/C23H21F3N6O3/c1-15-18(21(33)32-12-10-31(11-13-32)19-4-2-3-9-27-19)14-28-20(15)30-22(34)29-16-5-7-17(8-6-16)35-23(24,25)26/h2-9,14H,1,10-13H2,(H2,28,29,30,34). The van der Waals surface area contributed by atoms with Crippen LogP contribution in [-0.2, 0) is 4.79 Å². The van der Waals surface area contributed by atoms with Crippen molar-refractivity contribution in [1.82, 2.24) is 15.2 Å². The van der Waals surface area contributed by atoms with E-state index in [2.05, 4.69) is 36.8 Å². The van der Waals surface area contributed by atoms with Crippen molar-refractivity contribution >= 4 is 29.3 Å². The van der Waals surface area contributed by atoms with Gasteiger partial charge in [-0.3, -0.25) is 10.1 Å². The van der Waals surface area contributed by atoms with Crippen molar-refractivity contribution in [2.75, 3.05) is 36.4 Å². The fraction of sp³-hybridized carbons (Fsp3) is 0.217. The first kappa shape index (κ1) is 23.8. The Morgan fingerprint density at radius 2 is 1.71 bits per heavy atom. The van der Waals surface area contributed by atoms with E-state index in [1.54, 1.807) is 11.1 Å². The second kappa shape index (κ2) is 9.87. The number of piperazine rings is 1. The number of hydrogen-bond donors (Lipinski definition) is 2. The molecule has 0 spiro atoms. The van der Waals surface area contributed by atoms with Gasteiger partial charge in [-0.15, -0.1) is 13.2 Å². The van der Waals surface area contributed by atoms with Crippen molar-refractivity contribution < 1.29 is 27.5 Å². The van der Waals surface area contributed by atoms with Crippen LogP contribution in [0.25, 0.3) is 0 Å². The van der Waals surface area contributed by atoms with Crippen molar-refractivity contribution in [3.8, 4) is 5.75 Å². The number of rotatable bonds is 4. The van der Waals surface area contributed by atoms with Gasteiger partial charge in [-0.05, 0) is 36.4 Å². The van der Waals surface area contributed by atoms with E-state index in [-0.39, 0.29) is 28.6 Å². The highest BCUT2D eigenvalue weighted by molar-refractivity contribution is 6.19. The molecule has 35 heavy (non-hydrogen) atoms. The lowest BCUT2D eigenvalue weighted by atomic mass is 10.1. The largest absolute Gasteiger partial charge is 0.573 e. The zero-order chi connectivity index (χ0) is 25.0. The highest BCUT2D eigenvalue weighted by Gasteiger charge is 2.31. The third kappa shape index (κ3) is 5.96. The van der Waals surface area contributed by atoms with E-state index >= 15 is 0 Å². The molecule has 2 N–H and O–H groups in total. The molecular weight excluding hydrogens is 465 g/mol. The molecular formula is C23H21F3N6O3. The number of carbonyl (C=O) groups excluding carboxylic acids is 2. The maximum atomic E-state index is 13.0. The van der Waals surface area contributed by atoms with Crippen LogP contribution in [0.4, 0.5) is 29.5 Å². The monoisotopic (exact) mass is 486 g/mol. The summed E-state index contributed by atoms with van der Waals surface area (Å²) in [7, 11) is 0. The van der Waals surface area contributed by atoms with Crippen molar-refractivity contribution in [1.29, 1.82) is 0 Å². The minimum Gasteiger partial charge on any atom is -0.406 e. The number of anilines is 2. The quantitative estimate of drug-likeness (QED) is 0.691. The molecule has 1 aromatic carbocycles. The minimum atomic E-state index is -4.80. The van der Waals surface area contributed by atoms with Gasteiger partial charge in [0.25, 0.3) is 5.91 Å². The Balaban J connectivity index is 1.26. The molecule has 1 fully saturated rings. The first-order valence-electron chi connectivity index (χ1n) is 10.6. The van der Waals surface area contributed by atoms with Crippen LogP contribution in [0.15, 0.2) is 77.6 Å². The van der Waals surface area contributed by atoms with Gasteiger partial charge in [0.15, 0.2) is 0 Å². The van der Waals surface area contributed by atoms with E-state index < -0.39 is 18.1 Å². The van der Waals surface area contributed by atoms with Crippen LogP contribution in [0.2, 0.25) is 0 Å². The fourth-order valence-electron chi connectivity index (χ4n) is 3.56. The molecule has 9 nitrogen and oxygen atoms in total. The summed E-state index contributed by atoms with van der Waals surface area (Å²) >= 11 is 0. The number of halogens is 3. The molecule has 0 unspecified atom stereocenters. The Bertz CT molecular complexity index is 1170. The first-order chi connectivity index (χ1) is 16.7. The Hall–Kier alpha value is -4.35. The van der Waals surface area contributed by atoms with Gasteiger partial charge in [-0.1, -0.05) is 12.6 Å². The Kier molecular flexibility index (Phi) is 6.71.